The number of halogens is 3. The number of hydrogen-bond acceptors (Lipinski definition) is 1. The van der Waals surface area contributed by atoms with Crippen LogP contribution in [0.15, 0.2) is 0 Å². The molecule has 0 aromatic carbocycles. The zero-order chi connectivity index (χ0) is 9.07. The van der Waals surface area contributed by atoms with Crippen LogP contribution in [0.1, 0.15) is 13.8 Å². The van der Waals surface area contributed by atoms with Crippen LogP contribution in [0.5, 0.6) is 0 Å². The standard InChI is InChI=1S/C6H14BF3N/c1-6(2)4-11(3)5-7(8,9)10/h6H,4-5H2,1-3H3/q-1. The van der Waals surface area contributed by atoms with Gasteiger partial charge in [0.05, 0.1) is 0 Å². The molecule has 0 aliphatic carbocycles. The van der Waals surface area contributed by atoms with Crippen molar-refractivity contribution in [2.45, 2.75) is 13.8 Å². The molecule has 68 valence electrons. The average molecular weight is 168 g/mol. The van der Waals surface area contributed by atoms with Gasteiger partial charge in [0.1, 0.15) is 0 Å². The summed E-state index contributed by atoms with van der Waals surface area (Å²) in [7, 11) is 1.50. The molecule has 0 aromatic rings. The molecule has 5 heteroatoms. The van der Waals surface area contributed by atoms with Gasteiger partial charge in [-0.05, 0) is 26.0 Å². The maximum atomic E-state index is 11.8. The number of nitrogens with zero attached hydrogens (tertiary/aromatic N) is 1. The molecular weight excluding hydrogens is 154 g/mol. The molecule has 0 saturated heterocycles. The minimum absolute atomic E-state index is 0.290. The Balaban J connectivity index is 3.61. The van der Waals surface area contributed by atoms with E-state index < -0.39 is 13.4 Å². The summed E-state index contributed by atoms with van der Waals surface area (Å²) in [6, 6.07) is 0. The molecule has 0 amide bonds. The van der Waals surface area contributed by atoms with Gasteiger partial charge in [0.2, 0.25) is 0 Å². The summed E-state index contributed by atoms with van der Waals surface area (Å²) in [6.45, 7) is -0.342. The molecule has 0 rings (SSSR count). The van der Waals surface area contributed by atoms with Crippen LogP contribution >= 0.6 is 0 Å². The monoisotopic (exact) mass is 168 g/mol. The van der Waals surface area contributed by atoms with E-state index >= 15 is 0 Å². The third-order valence-electron chi connectivity index (χ3n) is 1.20. The Kier molecular flexibility index (Phi) is 3.93. The van der Waals surface area contributed by atoms with E-state index in [1.54, 1.807) is 0 Å². The molecule has 0 spiro atoms. The molecule has 0 N–H and O–H groups in total. The van der Waals surface area contributed by atoms with Gasteiger partial charge in [-0.3, -0.25) is 0 Å². The van der Waals surface area contributed by atoms with Crippen LogP contribution in [0.3, 0.4) is 0 Å². The lowest BCUT2D eigenvalue weighted by atomic mass is 9.91. The highest BCUT2D eigenvalue weighted by atomic mass is 19.4. The van der Waals surface area contributed by atoms with Gasteiger partial charge in [-0.15, -0.1) is 0 Å². The summed E-state index contributed by atoms with van der Waals surface area (Å²) in [6.07, 6.45) is -0.752. The van der Waals surface area contributed by atoms with E-state index in [4.69, 9.17) is 0 Å². The first-order valence-corrected chi connectivity index (χ1v) is 3.71. The summed E-state index contributed by atoms with van der Waals surface area (Å²) in [5.74, 6) is 0.290. The maximum absolute atomic E-state index is 11.8. The van der Waals surface area contributed by atoms with Crippen LogP contribution in [0, 0.1) is 5.92 Å². The Morgan fingerprint density at radius 1 is 1.27 bits per heavy atom. The van der Waals surface area contributed by atoms with Gasteiger partial charge in [0.25, 0.3) is 0 Å². The topological polar surface area (TPSA) is 3.24 Å². The first kappa shape index (κ1) is 10.8. The van der Waals surface area contributed by atoms with Crippen LogP contribution < -0.4 is 0 Å². The van der Waals surface area contributed by atoms with E-state index in [9.17, 15) is 12.9 Å². The predicted octanol–water partition coefficient (Wildman–Crippen LogP) is 1.96. The second-order valence-electron chi connectivity index (χ2n) is 3.33. The maximum Gasteiger partial charge on any atom is 0.492 e. The molecule has 1 nitrogen and oxygen atoms in total. The van der Waals surface area contributed by atoms with E-state index in [1.807, 2.05) is 13.8 Å². The fraction of sp³-hybridized carbons (Fsp3) is 1.00. The zero-order valence-corrected chi connectivity index (χ0v) is 7.15. The smallest absolute Gasteiger partial charge is 0.448 e. The molecule has 0 fully saturated rings. The minimum atomic E-state index is -4.65. The molecular formula is C6H14BF3N-. The quantitative estimate of drug-likeness (QED) is 0.580. The third kappa shape index (κ3) is 7.71. The largest absolute Gasteiger partial charge is 0.492 e. The Morgan fingerprint density at radius 2 is 1.73 bits per heavy atom. The first-order chi connectivity index (χ1) is 4.81. The van der Waals surface area contributed by atoms with E-state index in [-0.39, 0.29) is 5.92 Å². The molecule has 0 unspecified atom stereocenters. The highest BCUT2D eigenvalue weighted by Gasteiger charge is 2.24. The summed E-state index contributed by atoms with van der Waals surface area (Å²) in [5, 5.41) is 0. The lowest BCUT2D eigenvalue weighted by Gasteiger charge is -2.24. The van der Waals surface area contributed by atoms with Crippen molar-refractivity contribution < 1.29 is 12.9 Å². The fourth-order valence-electron chi connectivity index (χ4n) is 1.05. The average Bonchev–Trinajstić information content (AvgIpc) is 1.53. The van der Waals surface area contributed by atoms with Gasteiger partial charge < -0.3 is 17.8 Å². The van der Waals surface area contributed by atoms with Crippen LogP contribution in [0.25, 0.3) is 0 Å². The van der Waals surface area contributed by atoms with Gasteiger partial charge >= 0.3 is 6.98 Å². The lowest BCUT2D eigenvalue weighted by molar-refractivity contribution is 0.297. The van der Waals surface area contributed by atoms with Gasteiger partial charge in [0.15, 0.2) is 0 Å². The predicted molar refractivity (Wildman–Crippen MR) is 41.4 cm³/mol. The van der Waals surface area contributed by atoms with Crippen molar-refractivity contribution in [3.8, 4) is 0 Å². The van der Waals surface area contributed by atoms with Crippen molar-refractivity contribution in [2.24, 2.45) is 5.92 Å². The zero-order valence-electron chi connectivity index (χ0n) is 7.15. The summed E-state index contributed by atoms with van der Waals surface area (Å²) in [5.41, 5.74) is 0. The summed E-state index contributed by atoms with van der Waals surface area (Å²) < 4.78 is 35.3. The normalized spacial score (nSPS) is 13.1. The van der Waals surface area contributed by atoms with Crippen LogP contribution in [0.4, 0.5) is 12.9 Å². The van der Waals surface area contributed by atoms with Crippen molar-refractivity contribution in [1.82, 2.24) is 4.90 Å². The van der Waals surface area contributed by atoms with Gasteiger partial charge in [-0.25, -0.2) is 0 Å². The summed E-state index contributed by atoms with van der Waals surface area (Å²) in [4.78, 5) is 1.31. The van der Waals surface area contributed by atoms with E-state index in [2.05, 4.69) is 0 Å². The molecule has 0 aliphatic rings. The van der Waals surface area contributed by atoms with Crippen molar-refractivity contribution >= 4 is 6.98 Å². The van der Waals surface area contributed by atoms with Gasteiger partial charge in [-0.1, -0.05) is 13.8 Å². The van der Waals surface area contributed by atoms with Crippen LogP contribution in [-0.4, -0.2) is 31.9 Å². The Hall–Kier alpha value is -0.185. The second-order valence-corrected chi connectivity index (χ2v) is 3.33. The van der Waals surface area contributed by atoms with Gasteiger partial charge in [-0.2, -0.15) is 0 Å². The molecule has 0 radical (unpaired) electrons. The molecule has 0 heterocycles. The number of hydrogen-bond donors (Lipinski definition) is 0. The van der Waals surface area contributed by atoms with Gasteiger partial charge in [0, 0.05) is 0 Å². The molecule has 0 aromatic heterocycles. The SMILES string of the molecule is CC(C)CN(C)C[B-](F)(F)F. The number of rotatable bonds is 4. The van der Waals surface area contributed by atoms with Crippen molar-refractivity contribution in [3.63, 3.8) is 0 Å². The molecule has 11 heavy (non-hydrogen) atoms. The Bertz CT molecular complexity index is 113. The van der Waals surface area contributed by atoms with Crippen molar-refractivity contribution in [3.05, 3.63) is 0 Å². The highest BCUT2D eigenvalue weighted by molar-refractivity contribution is 6.58. The molecule has 0 saturated carbocycles. The highest BCUT2D eigenvalue weighted by Crippen LogP contribution is 2.10. The lowest BCUT2D eigenvalue weighted by Crippen LogP contribution is -2.37. The van der Waals surface area contributed by atoms with Crippen molar-refractivity contribution in [2.75, 3.05) is 20.0 Å². The Labute approximate surface area is 65.6 Å². The first-order valence-electron chi connectivity index (χ1n) is 3.71. The van der Waals surface area contributed by atoms with Crippen LogP contribution in [0.2, 0.25) is 0 Å². The Morgan fingerprint density at radius 3 is 2.00 bits per heavy atom. The van der Waals surface area contributed by atoms with Crippen molar-refractivity contribution in [1.29, 1.82) is 0 Å². The fourth-order valence-corrected chi connectivity index (χ4v) is 1.05. The third-order valence-corrected chi connectivity index (χ3v) is 1.20. The molecule has 0 aliphatic heterocycles. The van der Waals surface area contributed by atoms with Crippen LogP contribution in [-0.2, 0) is 0 Å². The molecule has 0 atom stereocenters. The minimum Gasteiger partial charge on any atom is -0.448 e. The van der Waals surface area contributed by atoms with E-state index in [0.29, 0.717) is 6.54 Å². The van der Waals surface area contributed by atoms with E-state index in [1.165, 1.54) is 11.9 Å². The second kappa shape index (κ2) is 4.00. The summed E-state index contributed by atoms with van der Waals surface area (Å²) >= 11 is 0. The molecule has 0 bridgehead atoms. The van der Waals surface area contributed by atoms with E-state index in [0.717, 1.165) is 0 Å².